The Morgan fingerprint density at radius 2 is 1.34 bits per heavy atom. The number of carbonyl (C=O) groups excluding carboxylic acids is 2. The van der Waals surface area contributed by atoms with Crippen LogP contribution in [0.25, 0.3) is 22.6 Å². The van der Waals surface area contributed by atoms with Crippen LogP contribution >= 0.6 is 12.2 Å². The molecule has 0 radical (unpaired) electrons. The summed E-state index contributed by atoms with van der Waals surface area (Å²) in [6.07, 6.45) is 0. The van der Waals surface area contributed by atoms with Gasteiger partial charge >= 0.3 is 0 Å². The second-order valence-corrected chi connectivity index (χ2v) is 8.15. The first-order valence-corrected chi connectivity index (χ1v) is 11.3. The molecule has 2 N–H and O–H groups in total. The molecule has 0 aliphatic heterocycles. The molecule has 0 spiro atoms. The van der Waals surface area contributed by atoms with E-state index in [9.17, 15) is 9.59 Å². The van der Waals surface area contributed by atoms with Crippen LogP contribution < -0.4 is 10.6 Å². The van der Waals surface area contributed by atoms with E-state index in [1.807, 2.05) is 66.7 Å². The quantitative estimate of drug-likeness (QED) is 0.244. The van der Waals surface area contributed by atoms with Crippen molar-refractivity contribution in [3.8, 4) is 11.5 Å². The Hall–Kier alpha value is -4.62. The largest absolute Gasteiger partial charge is 0.436 e. The lowest BCUT2D eigenvalue weighted by Crippen LogP contribution is -2.34. The molecule has 0 unspecified atom stereocenters. The number of nitrogens with zero attached hydrogens (tertiary/aromatic N) is 1. The van der Waals surface area contributed by atoms with Gasteiger partial charge in [-0.3, -0.25) is 14.9 Å². The van der Waals surface area contributed by atoms with Gasteiger partial charge in [0.1, 0.15) is 5.52 Å². The van der Waals surface area contributed by atoms with E-state index in [1.165, 1.54) is 0 Å². The molecule has 6 nitrogen and oxygen atoms in total. The highest BCUT2D eigenvalue weighted by atomic mass is 32.1. The second-order valence-electron chi connectivity index (χ2n) is 7.74. The SMILES string of the molecule is O=C(NC(=S)Nc1ccc(-c2nc3ccccc3o2)cc1)c1ccc(C(=O)c2ccccc2)cc1. The van der Waals surface area contributed by atoms with Crippen LogP contribution in [0.2, 0.25) is 0 Å². The minimum Gasteiger partial charge on any atom is -0.436 e. The van der Waals surface area contributed by atoms with Crippen LogP contribution in [-0.2, 0) is 0 Å². The number of carbonyl (C=O) groups is 2. The Labute approximate surface area is 206 Å². The number of benzene rings is 4. The predicted molar refractivity (Wildman–Crippen MR) is 139 cm³/mol. The van der Waals surface area contributed by atoms with E-state index in [4.69, 9.17) is 16.6 Å². The maximum absolute atomic E-state index is 12.6. The number of thiocarbonyl (C=S) groups is 1. The zero-order chi connectivity index (χ0) is 24.2. The lowest BCUT2D eigenvalue weighted by Gasteiger charge is -2.10. The number of amides is 1. The topological polar surface area (TPSA) is 84.2 Å². The van der Waals surface area contributed by atoms with Crippen LogP contribution in [0.5, 0.6) is 0 Å². The summed E-state index contributed by atoms with van der Waals surface area (Å²) in [4.78, 5) is 29.6. The molecule has 0 atom stereocenters. The van der Waals surface area contributed by atoms with Gasteiger partial charge in [-0.05, 0) is 60.7 Å². The standard InChI is InChI=1S/C28H19N3O3S/c32-25(18-6-2-1-3-7-18)19-10-12-20(13-11-19)26(33)31-28(35)29-22-16-14-21(15-17-22)27-30-23-8-4-5-9-24(23)34-27/h1-17H,(H2,29,31,33,35). The lowest BCUT2D eigenvalue weighted by atomic mass is 10.0. The number of anilines is 1. The van der Waals surface area contributed by atoms with Crippen molar-refractivity contribution in [3.05, 3.63) is 120 Å². The maximum Gasteiger partial charge on any atom is 0.257 e. The van der Waals surface area contributed by atoms with Crippen molar-refractivity contribution in [2.45, 2.75) is 0 Å². The number of rotatable bonds is 5. The van der Waals surface area contributed by atoms with Crippen molar-refractivity contribution >= 4 is 45.8 Å². The Kier molecular flexibility index (Phi) is 6.15. The van der Waals surface area contributed by atoms with Crippen molar-refractivity contribution in [1.29, 1.82) is 0 Å². The number of fused-ring (bicyclic) bond motifs is 1. The Balaban J connectivity index is 1.20. The van der Waals surface area contributed by atoms with E-state index in [-0.39, 0.29) is 16.8 Å². The van der Waals surface area contributed by atoms with Crippen LogP contribution in [0, 0.1) is 0 Å². The zero-order valence-corrected chi connectivity index (χ0v) is 19.2. The zero-order valence-electron chi connectivity index (χ0n) is 18.4. The van der Waals surface area contributed by atoms with Crippen LogP contribution in [0.15, 0.2) is 108 Å². The summed E-state index contributed by atoms with van der Waals surface area (Å²) in [5.41, 5.74) is 4.55. The Morgan fingerprint density at radius 3 is 2.06 bits per heavy atom. The molecule has 5 rings (SSSR count). The summed E-state index contributed by atoms with van der Waals surface area (Å²) in [7, 11) is 0. The van der Waals surface area contributed by atoms with E-state index >= 15 is 0 Å². The number of hydrogen-bond acceptors (Lipinski definition) is 5. The molecular formula is C28H19N3O3S. The van der Waals surface area contributed by atoms with E-state index in [0.29, 0.717) is 28.3 Å². The van der Waals surface area contributed by atoms with E-state index in [1.54, 1.807) is 36.4 Å². The van der Waals surface area contributed by atoms with E-state index in [2.05, 4.69) is 15.6 Å². The third-order valence-electron chi connectivity index (χ3n) is 5.36. The van der Waals surface area contributed by atoms with E-state index < -0.39 is 0 Å². The smallest absolute Gasteiger partial charge is 0.257 e. The van der Waals surface area contributed by atoms with Gasteiger partial charge in [0.25, 0.3) is 5.91 Å². The fourth-order valence-electron chi connectivity index (χ4n) is 3.56. The number of nitrogens with one attached hydrogen (secondary N) is 2. The van der Waals surface area contributed by atoms with Gasteiger partial charge in [-0.2, -0.15) is 0 Å². The van der Waals surface area contributed by atoms with Crippen LogP contribution in [0.3, 0.4) is 0 Å². The van der Waals surface area contributed by atoms with Gasteiger partial charge in [0.2, 0.25) is 5.89 Å². The lowest BCUT2D eigenvalue weighted by molar-refractivity contribution is 0.0975. The van der Waals surface area contributed by atoms with Gasteiger partial charge < -0.3 is 9.73 Å². The molecule has 7 heteroatoms. The highest BCUT2D eigenvalue weighted by molar-refractivity contribution is 7.80. The Morgan fingerprint density at radius 1 is 0.714 bits per heavy atom. The minimum absolute atomic E-state index is 0.101. The van der Waals surface area contributed by atoms with Gasteiger partial charge in [0, 0.05) is 27.9 Å². The first-order chi connectivity index (χ1) is 17.1. The third-order valence-corrected chi connectivity index (χ3v) is 5.56. The predicted octanol–water partition coefficient (Wildman–Crippen LogP) is 5.85. The summed E-state index contributed by atoms with van der Waals surface area (Å²) in [5.74, 6) is 0.0585. The highest BCUT2D eigenvalue weighted by Gasteiger charge is 2.12. The molecule has 1 heterocycles. The molecule has 0 saturated heterocycles. The Bertz CT molecular complexity index is 1490. The van der Waals surface area contributed by atoms with Crippen molar-refractivity contribution in [1.82, 2.24) is 10.3 Å². The van der Waals surface area contributed by atoms with Crippen molar-refractivity contribution < 1.29 is 14.0 Å². The van der Waals surface area contributed by atoms with Crippen LogP contribution in [-0.4, -0.2) is 21.8 Å². The van der Waals surface area contributed by atoms with Crippen molar-refractivity contribution in [3.63, 3.8) is 0 Å². The van der Waals surface area contributed by atoms with Gasteiger partial charge in [0.15, 0.2) is 16.5 Å². The highest BCUT2D eigenvalue weighted by Crippen LogP contribution is 2.25. The molecule has 170 valence electrons. The summed E-state index contributed by atoms with van der Waals surface area (Å²) in [5, 5.41) is 5.81. The van der Waals surface area contributed by atoms with Gasteiger partial charge in [0.05, 0.1) is 0 Å². The molecule has 1 amide bonds. The summed E-state index contributed by atoms with van der Waals surface area (Å²) in [6.45, 7) is 0. The number of ketones is 1. The maximum atomic E-state index is 12.6. The first kappa shape index (κ1) is 22.2. The summed E-state index contributed by atoms with van der Waals surface area (Å²) < 4.78 is 5.79. The van der Waals surface area contributed by atoms with Crippen LogP contribution in [0.4, 0.5) is 5.69 Å². The summed E-state index contributed by atoms with van der Waals surface area (Å²) >= 11 is 5.29. The number of oxazole rings is 1. The minimum atomic E-state index is -0.371. The molecule has 0 bridgehead atoms. The fraction of sp³-hybridized carbons (Fsp3) is 0. The molecule has 1 aromatic heterocycles. The molecule has 0 fully saturated rings. The molecule has 0 aliphatic rings. The number of para-hydroxylation sites is 2. The average Bonchev–Trinajstić information content (AvgIpc) is 3.33. The normalized spacial score (nSPS) is 10.6. The molecule has 0 saturated carbocycles. The average molecular weight is 478 g/mol. The summed E-state index contributed by atoms with van der Waals surface area (Å²) in [6, 6.07) is 30.4. The van der Waals surface area contributed by atoms with Crippen LogP contribution in [0.1, 0.15) is 26.3 Å². The second kappa shape index (κ2) is 9.70. The van der Waals surface area contributed by atoms with Crippen molar-refractivity contribution in [2.75, 3.05) is 5.32 Å². The number of hydrogen-bond donors (Lipinski definition) is 2. The molecule has 4 aromatic carbocycles. The van der Waals surface area contributed by atoms with E-state index in [0.717, 1.165) is 16.7 Å². The molecule has 35 heavy (non-hydrogen) atoms. The van der Waals surface area contributed by atoms with Gasteiger partial charge in [-0.25, -0.2) is 4.98 Å². The molecule has 0 aliphatic carbocycles. The van der Waals surface area contributed by atoms with Gasteiger partial charge in [-0.15, -0.1) is 0 Å². The first-order valence-electron chi connectivity index (χ1n) is 10.8. The third kappa shape index (κ3) is 5.00. The monoisotopic (exact) mass is 477 g/mol. The molecular weight excluding hydrogens is 458 g/mol. The molecule has 5 aromatic rings. The number of aromatic nitrogens is 1. The van der Waals surface area contributed by atoms with Gasteiger partial charge in [-0.1, -0.05) is 54.6 Å². The fourth-order valence-corrected chi connectivity index (χ4v) is 3.77. The van der Waals surface area contributed by atoms with Crippen molar-refractivity contribution in [2.24, 2.45) is 0 Å².